The highest BCUT2D eigenvalue weighted by molar-refractivity contribution is 7.02. The third kappa shape index (κ3) is 1.15. The maximum atomic E-state index is 10.6. The van der Waals surface area contributed by atoms with Gasteiger partial charge in [-0.25, -0.2) is 0 Å². The first-order chi connectivity index (χ1) is 4.34. The fraction of sp³-hybridized carbons (Fsp3) is 0.250. The molecule has 1 aromatic heterocycles. The molecule has 0 fully saturated rings. The van der Waals surface area contributed by atoms with E-state index in [0.29, 0.717) is 0 Å². The Hall–Kier alpha value is -1.15. The number of nitrogens with zero attached hydrogens (tertiary/aromatic N) is 3. The number of hydrogen-bond donors (Lipinski definition) is 0. The van der Waals surface area contributed by atoms with E-state index in [1.807, 2.05) is 0 Å². The van der Waals surface area contributed by atoms with E-state index in [9.17, 15) is 4.79 Å². The van der Waals surface area contributed by atoms with Crippen molar-refractivity contribution in [2.45, 2.75) is 6.54 Å². The van der Waals surface area contributed by atoms with Gasteiger partial charge in [0.15, 0.2) is 0 Å². The van der Waals surface area contributed by atoms with Crippen molar-refractivity contribution in [1.82, 2.24) is 14.4 Å². The van der Waals surface area contributed by atoms with Crippen molar-refractivity contribution in [3.63, 3.8) is 0 Å². The molecular weight excluding hydrogens is 138 g/mol. The van der Waals surface area contributed by atoms with Gasteiger partial charge in [-0.3, -0.25) is 4.79 Å². The molecule has 0 spiro atoms. The molecule has 9 heavy (non-hydrogen) atoms. The van der Waals surface area contributed by atoms with Crippen molar-refractivity contribution < 1.29 is 0 Å². The Morgan fingerprint density at radius 3 is 3.11 bits per heavy atom. The molecule has 0 radical (unpaired) electrons. The first-order valence-electron chi connectivity index (χ1n) is 2.17. The van der Waals surface area contributed by atoms with E-state index < -0.39 is 0 Å². The lowest BCUT2D eigenvalue weighted by atomic mass is 10.7. The van der Waals surface area contributed by atoms with Gasteiger partial charge in [0.1, 0.15) is 6.54 Å². The number of aromatic nitrogens is 3. The lowest BCUT2D eigenvalue weighted by Gasteiger charge is -1.82. The van der Waals surface area contributed by atoms with Gasteiger partial charge in [-0.05, 0) is 0 Å². The van der Waals surface area contributed by atoms with Crippen molar-refractivity contribution in [3.05, 3.63) is 9.67 Å². The Balaban J connectivity index is 2.98. The van der Waals surface area contributed by atoms with Gasteiger partial charge in [-0.15, -0.1) is 6.42 Å². The maximum Gasteiger partial charge on any atom is 0.344 e. The predicted molar refractivity (Wildman–Crippen MR) is 33.0 cm³/mol. The average molecular weight is 141 g/mol. The third-order valence-corrected chi connectivity index (χ3v) is 1.24. The molecule has 1 aromatic rings. The molecule has 0 aliphatic carbocycles. The SMILES string of the molecule is C#CCn1nnsc1=O. The van der Waals surface area contributed by atoms with E-state index in [4.69, 9.17) is 6.42 Å². The summed E-state index contributed by atoms with van der Waals surface area (Å²) < 4.78 is 4.52. The fourth-order valence-corrected chi connectivity index (χ4v) is 0.753. The zero-order chi connectivity index (χ0) is 6.69. The molecular formula is C4H3N3OS. The van der Waals surface area contributed by atoms with Gasteiger partial charge in [0.05, 0.1) is 11.5 Å². The molecule has 0 saturated carbocycles. The van der Waals surface area contributed by atoms with Gasteiger partial charge >= 0.3 is 4.87 Å². The minimum absolute atomic E-state index is 0.204. The number of terminal acetylenes is 1. The zero-order valence-electron chi connectivity index (χ0n) is 4.44. The molecule has 4 nitrogen and oxygen atoms in total. The molecule has 0 aromatic carbocycles. The smallest absolute Gasteiger partial charge is 0.253 e. The van der Waals surface area contributed by atoms with Crippen molar-refractivity contribution in [2.24, 2.45) is 0 Å². The van der Waals surface area contributed by atoms with E-state index in [0.717, 1.165) is 16.2 Å². The second-order valence-electron chi connectivity index (χ2n) is 1.29. The quantitative estimate of drug-likeness (QED) is 0.487. The first kappa shape index (κ1) is 5.98. The van der Waals surface area contributed by atoms with E-state index in [2.05, 4.69) is 15.6 Å². The Morgan fingerprint density at radius 1 is 1.89 bits per heavy atom. The van der Waals surface area contributed by atoms with Crippen LogP contribution in [0.3, 0.4) is 0 Å². The molecule has 0 atom stereocenters. The monoisotopic (exact) mass is 141 g/mol. The molecule has 0 bridgehead atoms. The van der Waals surface area contributed by atoms with Crippen LogP contribution in [0.15, 0.2) is 4.79 Å². The highest BCUT2D eigenvalue weighted by Crippen LogP contribution is 1.74. The zero-order valence-corrected chi connectivity index (χ0v) is 5.26. The molecule has 1 rings (SSSR count). The second kappa shape index (κ2) is 2.42. The molecule has 0 aliphatic heterocycles. The summed E-state index contributed by atoms with van der Waals surface area (Å²) >= 11 is 0.795. The lowest BCUT2D eigenvalue weighted by molar-refractivity contribution is 0.654. The molecule has 0 amide bonds. The van der Waals surface area contributed by atoms with E-state index in [1.54, 1.807) is 0 Å². The Kier molecular flexibility index (Phi) is 1.60. The summed E-state index contributed by atoms with van der Waals surface area (Å²) in [6, 6.07) is 0. The summed E-state index contributed by atoms with van der Waals surface area (Å²) in [6.07, 6.45) is 4.92. The van der Waals surface area contributed by atoms with Crippen LogP contribution in [0.1, 0.15) is 0 Å². The minimum atomic E-state index is -0.215. The molecule has 1 heterocycles. The molecule has 0 unspecified atom stereocenters. The van der Waals surface area contributed by atoms with Crippen LogP contribution >= 0.6 is 11.5 Å². The standard InChI is InChI=1S/C4H3N3OS/c1-2-3-7-4(8)9-6-5-7/h1H,3H2. The fourth-order valence-electron chi connectivity index (χ4n) is 0.364. The Labute approximate surface area is 55.3 Å². The van der Waals surface area contributed by atoms with Crippen molar-refractivity contribution in [1.29, 1.82) is 0 Å². The van der Waals surface area contributed by atoms with Crippen molar-refractivity contribution in [3.8, 4) is 12.3 Å². The maximum absolute atomic E-state index is 10.6. The molecule has 5 heteroatoms. The topological polar surface area (TPSA) is 47.8 Å². The molecule has 0 aliphatic rings. The van der Waals surface area contributed by atoms with Crippen LogP contribution in [0.4, 0.5) is 0 Å². The summed E-state index contributed by atoms with van der Waals surface area (Å²) in [5, 5.41) is 3.44. The van der Waals surface area contributed by atoms with Crippen LogP contribution in [0.5, 0.6) is 0 Å². The lowest BCUT2D eigenvalue weighted by Crippen LogP contribution is -2.13. The second-order valence-corrected chi connectivity index (χ2v) is 1.99. The van der Waals surface area contributed by atoms with Crippen molar-refractivity contribution >= 4 is 11.5 Å². The van der Waals surface area contributed by atoms with Crippen LogP contribution in [-0.4, -0.2) is 14.4 Å². The molecule has 0 N–H and O–H groups in total. The summed E-state index contributed by atoms with van der Waals surface area (Å²) in [4.78, 5) is 10.4. The van der Waals surface area contributed by atoms with Crippen LogP contribution < -0.4 is 4.87 Å². The van der Waals surface area contributed by atoms with E-state index in [1.165, 1.54) is 0 Å². The van der Waals surface area contributed by atoms with Gasteiger partial charge in [-0.1, -0.05) is 15.6 Å². The number of hydrogen-bond acceptors (Lipinski definition) is 4. The van der Waals surface area contributed by atoms with Gasteiger partial charge in [0.2, 0.25) is 0 Å². The van der Waals surface area contributed by atoms with E-state index in [-0.39, 0.29) is 11.4 Å². The van der Waals surface area contributed by atoms with Gasteiger partial charge in [0.25, 0.3) is 0 Å². The van der Waals surface area contributed by atoms with E-state index >= 15 is 0 Å². The Morgan fingerprint density at radius 2 is 2.67 bits per heavy atom. The van der Waals surface area contributed by atoms with Crippen LogP contribution in [0.2, 0.25) is 0 Å². The summed E-state index contributed by atoms with van der Waals surface area (Å²) in [6.45, 7) is 0.204. The van der Waals surface area contributed by atoms with Crippen LogP contribution in [-0.2, 0) is 6.54 Å². The van der Waals surface area contributed by atoms with Gasteiger partial charge in [0, 0.05) is 0 Å². The minimum Gasteiger partial charge on any atom is -0.253 e. The van der Waals surface area contributed by atoms with Gasteiger partial charge in [-0.2, -0.15) is 4.68 Å². The average Bonchev–Trinajstić information content (AvgIpc) is 2.18. The third-order valence-electron chi connectivity index (χ3n) is 0.715. The summed E-state index contributed by atoms with van der Waals surface area (Å²) in [7, 11) is 0. The predicted octanol–water partition coefficient (Wildman–Crippen LogP) is -0.667. The highest BCUT2D eigenvalue weighted by atomic mass is 32.1. The van der Waals surface area contributed by atoms with Crippen LogP contribution in [0, 0.1) is 12.3 Å². The normalized spacial score (nSPS) is 8.78. The summed E-state index contributed by atoms with van der Waals surface area (Å²) in [5.74, 6) is 2.28. The first-order valence-corrected chi connectivity index (χ1v) is 2.95. The molecule has 0 saturated heterocycles. The van der Waals surface area contributed by atoms with Crippen LogP contribution in [0.25, 0.3) is 0 Å². The Bertz CT molecular complexity index is 280. The summed E-state index contributed by atoms with van der Waals surface area (Å²) in [5.41, 5.74) is 0. The van der Waals surface area contributed by atoms with Crippen molar-refractivity contribution in [2.75, 3.05) is 0 Å². The molecule has 46 valence electrons. The number of rotatable bonds is 1. The van der Waals surface area contributed by atoms with Gasteiger partial charge < -0.3 is 0 Å². The largest absolute Gasteiger partial charge is 0.344 e. The highest BCUT2D eigenvalue weighted by Gasteiger charge is 1.93.